The van der Waals surface area contributed by atoms with Gasteiger partial charge in [-0.3, -0.25) is 10.1 Å². The lowest BCUT2D eigenvalue weighted by molar-refractivity contribution is 0.102. The topological polar surface area (TPSA) is 85.6 Å². The molecule has 0 saturated carbocycles. The molecule has 0 bridgehead atoms. The van der Waals surface area contributed by atoms with Gasteiger partial charge in [0.2, 0.25) is 5.13 Å². The summed E-state index contributed by atoms with van der Waals surface area (Å²) in [7, 11) is 0. The van der Waals surface area contributed by atoms with Crippen molar-refractivity contribution in [2.24, 2.45) is 0 Å². The largest absolute Gasteiger partial charge is 0.297 e. The first-order valence-corrected chi connectivity index (χ1v) is 9.19. The first-order valence-electron chi connectivity index (χ1n) is 8.42. The number of carbonyl (C=O) groups is 1. The van der Waals surface area contributed by atoms with Crippen LogP contribution in [-0.4, -0.2) is 30.3 Å². The van der Waals surface area contributed by atoms with Crippen molar-refractivity contribution in [2.75, 3.05) is 5.32 Å². The molecule has 1 N–H and O–H groups in total. The zero-order valence-corrected chi connectivity index (χ0v) is 15.9. The van der Waals surface area contributed by atoms with Gasteiger partial charge in [0.25, 0.3) is 5.91 Å². The molecule has 2 aromatic heterocycles. The predicted molar refractivity (Wildman–Crippen MR) is 104 cm³/mol. The highest BCUT2D eigenvalue weighted by Crippen LogP contribution is 2.24. The van der Waals surface area contributed by atoms with Gasteiger partial charge >= 0.3 is 0 Å². The number of halogens is 1. The Morgan fingerprint density at radius 1 is 1.14 bits per heavy atom. The number of hydrogen-bond donors (Lipinski definition) is 1. The lowest BCUT2D eigenvalue weighted by Crippen LogP contribution is -2.13. The van der Waals surface area contributed by atoms with Gasteiger partial charge in [-0.25, -0.2) is 9.07 Å². The normalized spacial score (nSPS) is 10.8. The Balaban J connectivity index is 1.58. The monoisotopic (exact) mass is 394 g/mol. The fraction of sp³-hybridized carbons (Fsp3) is 0.105. The van der Waals surface area contributed by atoms with Crippen molar-refractivity contribution < 1.29 is 9.18 Å². The smallest absolute Gasteiger partial charge is 0.257 e. The molecule has 9 heteroatoms. The van der Waals surface area contributed by atoms with Crippen LogP contribution in [0.2, 0.25) is 0 Å². The van der Waals surface area contributed by atoms with E-state index in [1.807, 2.05) is 25.1 Å². The van der Waals surface area contributed by atoms with E-state index in [0.717, 1.165) is 17.1 Å². The molecule has 2 aromatic carbocycles. The number of rotatable bonds is 4. The number of aryl methyl sites for hydroxylation is 1. The number of carbonyl (C=O) groups excluding carboxylic acids is 1. The van der Waals surface area contributed by atoms with Crippen molar-refractivity contribution in [3.63, 3.8) is 0 Å². The van der Waals surface area contributed by atoms with Crippen LogP contribution in [0.5, 0.6) is 0 Å². The quantitative estimate of drug-likeness (QED) is 0.569. The summed E-state index contributed by atoms with van der Waals surface area (Å²) in [6.07, 6.45) is 0. The molecular formula is C19H15FN6OS. The molecule has 140 valence electrons. The lowest BCUT2D eigenvalue weighted by atomic mass is 10.1. The van der Waals surface area contributed by atoms with E-state index in [-0.39, 0.29) is 11.7 Å². The standard InChI is InChI=1S/C19H15FN6OS/c1-11-6-3-4-9-15(11)18(27)22-19-21-17(24-28-19)16-12(2)26(25-23-16)14-8-5-7-13(20)10-14/h3-10H,1-2H3,(H,21,22,24,27). The molecule has 0 fully saturated rings. The molecule has 4 aromatic rings. The van der Waals surface area contributed by atoms with Crippen LogP contribution in [0.4, 0.5) is 9.52 Å². The van der Waals surface area contributed by atoms with E-state index in [9.17, 15) is 9.18 Å². The van der Waals surface area contributed by atoms with Gasteiger partial charge in [-0.15, -0.1) is 5.10 Å². The Kier molecular flexibility index (Phi) is 4.66. The lowest BCUT2D eigenvalue weighted by Gasteiger charge is -2.04. The first-order chi connectivity index (χ1) is 13.5. The molecule has 28 heavy (non-hydrogen) atoms. The van der Waals surface area contributed by atoms with E-state index in [1.54, 1.807) is 25.1 Å². The Bertz CT molecular complexity index is 1170. The third kappa shape index (κ3) is 3.39. The van der Waals surface area contributed by atoms with Crippen LogP contribution in [-0.2, 0) is 0 Å². The van der Waals surface area contributed by atoms with Gasteiger partial charge in [0, 0.05) is 17.1 Å². The summed E-state index contributed by atoms with van der Waals surface area (Å²) in [6, 6.07) is 13.4. The van der Waals surface area contributed by atoms with E-state index >= 15 is 0 Å². The average Bonchev–Trinajstić information content (AvgIpc) is 3.28. The molecule has 0 aliphatic rings. The summed E-state index contributed by atoms with van der Waals surface area (Å²) in [5.74, 6) is -0.256. The zero-order chi connectivity index (χ0) is 19.7. The van der Waals surface area contributed by atoms with E-state index in [0.29, 0.717) is 33.6 Å². The highest BCUT2D eigenvalue weighted by atomic mass is 32.1. The number of benzene rings is 2. The molecule has 7 nitrogen and oxygen atoms in total. The van der Waals surface area contributed by atoms with Crippen LogP contribution in [0.1, 0.15) is 21.6 Å². The van der Waals surface area contributed by atoms with E-state index in [1.165, 1.54) is 16.8 Å². The fourth-order valence-electron chi connectivity index (χ4n) is 2.75. The number of nitrogens with one attached hydrogen (secondary N) is 1. The van der Waals surface area contributed by atoms with Crippen LogP contribution < -0.4 is 5.32 Å². The summed E-state index contributed by atoms with van der Waals surface area (Å²) in [6.45, 7) is 3.67. The minimum atomic E-state index is -0.359. The molecular weight excluding hydrogens is 379 g/mol. The maximum absolute atomic E-state index is 13.5. The van der Waals surface area contributed by atoms with Crippen LogP contribution in [0.3, 0.4) is 0 Å². The fourth-order valence-corrected chi connectivity index (χ4v) is 3.32. The summed E-state index contributed by atoms with van der Waals surface area (Å²) in [4.78, 5) is 16.8. The second-order valence-corrected chi connectivity index (χ2v) is 6.86. The number of hydrogen-bond acceptors (Lipinski definition) is 6. The molecule has 0 spiro atoms. The van der Waals surface area contributed by atoms with E-state index < -0.39 is 0 Å². The van der Waals surface area contributed by atoms with Gasteiger partial charge in [0.1, 0.15) is 5.82 Å². The molecule has 0 aliphatic carbocycles. The summed E-state index contributed by atoms with van der Waals surface area (Å²) >= 11 is 1.06. The third-order valence-corrected chi connectivity index (χ3v) is 4.83. The predicted octanol–water partition coefficient (Wildman–Crippen LogP) is 3.79. The van der Waals surface area contributed by atoms with Crippen LogP contribution >= 0.6 is 11.5 Å². The van der Waals surface area contributed by atoms with Crippen molar-refractivity contribution in [1.82, 2.24) is 24.4 Å². The zero-order valence-electron chi connectivity index (χ0n) is 15.0. The van der Waals surface area contributed by atoms with Gasteiger partial charge in [-0.2, -0.15) is 9.36 Å². The van der Waals surface area contributed by atoms with Gasteiger partial charge in [-0.05, 0) is 43.7 Å². The van der Waals surface area contributed by atoms with Gasteiger partial charge in [-0.1, -0.05) is 29.5 Å². The molecule has 2 heterocycles. The molecule has 1 amide bonds. The van der Waals surface area contributed by atoms with Gasteiger partial charge in [0.05, 0.1) is 11.4 Å². The second kappa shape index (κ2) is 7.28. The van der Waals surface area contributed by atoms with Crippen LogP contribution in [0.15, 0.2) is 48.5 Å². The maximum Gasteiger partial charge on any atom is 0.257 e. The van der Waals surface area contributed by atoms with Crippen LogP contribution in [0, 0.1) is 19.7 Å². The Morgan fingerprint density at radius 2 is 1.96 bits per heavy atom. The maximum atomic E-state index is 13.5. The summed E-state index contributed by atoms with van der Waals surface area (Å²) in [5.41, 5.74) is 3.14. The van der Waals surface area contributed by atoms with Crippen LogP contribution in [0.25, 0.3) is 17.2 Å². The van der Waals surface area contributed by atoms with E-state index in [4.69, 9.17) is 0 Å². The summed E-state index contributed by atoms with van der Waals surface area (Å²) < 4.78 is 19.3. The van der Waals surface area contributed by atoms with Crippen molar-refractivity contribution in [3.05, 3.63) is 71.2 Å². The Morgan fingerprint density at radius 3 is 2.75 bits per heavy atom. The van der Waals surface area contributed by atoms with E-state index in [2.05, 4.69) is 25.0 Å². The van der Waals surface area contributed by atoms with Crippen molar-refractivity contribution >= 4 is 22.6 Å². The molecule has 0 radical (unpaired) electrons. The number of nitrogens with zero attached hydrogens (tertiary/aromatic N) is 5. The van der Waals surface area contributed by atoms with Gasteiger partial charge < -0.3 is 0 Å². The molecule has 0 aliphatic heterocycles. The van der Waals surface area contributed by atoms with Crippen molar-refractivity contribution in [3.8, 4) is 17.2 Å². The summed E-state index contributed by atoms with van der Waals surface area (Å²) in [5, 5.41) is 11.3. The first kappa shape index (κ1) is 17.9. The Labute approximate surface area is 164 Å². The SMILES string of the molecule is Cc1ccccc1C(=O)Nc1nc(-c2nnn(-c3cccc(F)c3)c2C)ns1. The average molecular weight is 394 g/mol. The molecule has 0 saturated heterocycles. The molecule has 0 unspecified atom stereocenters. The van der Waals surface area contributed by atoms with Gasteiger partial charge in [0.15, 0.2) is 11.5 Å². The number of aromatic nitrogens is 5. The third-order valence-electron chi connectivity index (χ3n) is 4.20. The molecule has 4 rings (SSSR count). The second-order valence-electron chi connectivity index (χ2n) is 6.11. The number of anilines is 1. The minimum Gasteiger partial charge on any atom is -0.297 e. The van der Waals surface area contributed by atoms with Crippen molar-refractivity contribution in [1.29, 1.82) is 0 Å². The highest BCUT2D eigenvalue weighted by Gasteiger charge is 2.18. The molecule has 0 atom stereocenters. The Hall–Kier alpha value is -3.46. The van der Waals surface area contributed by atoms with Crippen molar-refractivity contribution in [2.45, 2.75) is 13.8 Å². The highest BCUT2D eigenvalue weighted by molar-refractivity contribution is 7.10. The number of amides is 1. The minimum absolute atomic E-state index is 0.249.